The standard InChI is InChI=1S/C18H18BrN3O2/c1-12(24-14-9-7-13(19)8-10-14)18(23)22(2)11-17-20-15-5-3-4-6-16(15)21-17/h3-10,12H,11H2,1-2H3,(H,20,21). The van der Waals surface area contributed by atoms with E-state index in [1.54, 1.807) is 18.9 Å². The van der Waals surface area contributed by atoms with E-state index in [-0.39, 0.29) is 5.91 Å². The van der Waals surface area contributed by atoms with Crippen LogP contribution in [0.2, 0.25) is 0 Å². The number of halogens is 1. The molecule has 0 spiro atoms. The minimum absolute atomic E-state index is 0.0987. The molecule has 1 N–H and O–H groups in total. The molecule has 1 atom stereocenters. The Morgan fingerprint density at radius 1 is 1.25 bits per heavy atom. The third-order valence-corrected chi connectivity index (χ3v) is 4.20. The molecule has 0 saturated carbocycles. The summed E-state index contributed by atoms with van der Waals surface area (Å²) in [7, 11) is 1.75. The quantitative estimate of drug-likeness (QED) is 0.724. The Balaban J connectivity index is 1.63. The molecule has 3 aromatic rings. The van der Waals surface area contributed by atoms with Gasteiger partial charge in [-0.05, 0) is 43.3 Å². The lowest BCUT2D eigenvalue weighted by Gasteiger charge is -2.21. The first-order chi connectivity index (χ1) is 11.5. The van der Waals surface area contributed by atoms with Gasteiger partial charge in [-0.3, -0.25) is 4.79 Å². The molecule has 0 bridgehead atoms. The number of hydrogen-bond acceptors (Lipinski definition) is 3. The van der Waals surface area contributed by atoms with Gasteiger partial charge in [0.25, 0.3) is 5.91 Å². The lowest BCUT2D eigenvalue weighted by molar-refractivity contribution is -0.137. The average molecular weight is 388 g/mol. The molecule has 2 aromatic carbocycles. The van der Waals surface area contributed by atoms with Crippen LogP contribution in [0, 0.1) is 0 Å². The van der Waals surface area contributed by atoms with Crippen LogP contribution in [-0.2, 0) is 11.3 Å². The van der Waals surface area contributed by atoms with Crippen molar-refractivity contribution in [3.63, 3.8) is 0 Å². The predicted octanol–water partition coefficient (Wildman–Crippen LogP) is 3.75. The highest BCUT2D eigenvalue weighted by atomic mass is 79.9. The predicted molar refractivity (Wildman–Crippen MR) is 96.8 cm³/mol. The van der Waals surface area contributed by atoms with E-state index in [0.29, 0.717) is 12.3 Å². The number of hydrogen-bond donors (Lipinski definition) is 1. The van der Waals surface area contributed by atoms with Gasteiger partial charge in [-0.1, -0.05) is 28.1 Å². The normalized spacial score (nSPS) is 12.1. The Kier molecular flexibility index (Phi) is 4.85. The van der Waals surface area contributed by atoms with Crippen LogP contribution in [0.5, 0.6) is 5.75 Å². The maximum absolute atomic E-state index is 12.5. The summed E-state index contributed by atoms with van der Waals surface area (Å²) < 4.78 is 6.67. The molecule has 1 amide bonds. The number of nitrogens with one attached hydrogen (secondary N) is 1. The molecule has 0 saturated heterocycles. The van der Waals surface area contributed by atoms with Gasteiger partial charge in [0, 0.05) is 11.5 Å². The second-order valence-corrected chi connectivity index (χ2v) is 6.52. The smallest absolute Gasteiger partial charge is 0.263 e. The molecule has 0 fully saturated rings. The van der Waals surface area contributed by atoms with Crippen molar-refractivity contribution in [2.45, 2.75) is 19.6 Å². The highest BCUT2D eigenvalue weighted by Gasteiger charge is 2.20. The first-order valence-electron chi connectivity index (χ1n) is 7.64. The fourth-order valence-corrected chi connectivity index (χ4v) is 2.73. The maximum Gasteiger partial charge on any atom is 0.263 e. The number of ether oxygens (including phenoxy) is 1. The molecular weight excluding hydrogens is 370 g/mol. The number of nitrogens with zero attached hydrogens (tertiary/aromatic N) is 2. The summed E-state index contributed by atoms with van der Waals surface area (Å²) in [4.78, 5) is 21.8. The van der Waals surface area contributed by atoms with Crippen molar-refractivity contribution in [2.24, 2.45) is 0 Å². The van der Waals surface area contributed by atoms with E-state index in [1.165, 1.54) is 0 Å². The number of likely N-dealkylation sites (N-methyl/N-ethyl adjacent to an activating group) is 1. The minimum Gasteiger partial charge on any atom is -0.481 e. The number of carbonyl (C=O) groups is 1. The van der Waals surface area contributed by atoms with Crippen LogP contribution in [0.1, 0.15) is 12.7 Å². The number of amides is 1. The number of H-pyrrole nitrogens is 1. The molecule has 1 aromatic heterocycles. The van der Waals surface area contributed by atoms with Gasteiger partial charge < -0.3 is 14.6 Å². The van der Waals surface area contributed by atoms with E-state index in [9.17, 15) is 4.79 Å². The molecule has 1 heterocycles. The van der Waals surface area contributed by atoms with Crippen LogP contribution in [-0.4, -0.2) is 33.9 Å². The number of aromatic nitrogens is 2. The Morgan fingerprint density at radius 2 is 1.96 bits per heavy atom. The van der Waals surface area contributed by atoms with Gasteiger partial charge in [0.05, 0.1) is 17.6 Å². The van der Waals surface area contributed by atoms with Gasteiger partial charge in [-0.15, -0.1) is 0 Å². The summed E-state index contributed by atoms with van der Waals surface area (Å²) in [5, 5.41) is 0. The van der Waals surface area contributed by atoms with Crippen molar-refractivity contribution >= 4 is 32.9 Å². The first-order valence-corrected chi connectivity index (χ1v) is 8.43. The van der Waals surface area contributed by atoms with E-state index in [2.05, 4.69) is 25.9 Å². The van der Waals surface area contributed by atoms with Gasteiger partial charge in [-0.25, -0.2) is 4.98 Å². The zero-order valence-electron chi connectivity index (χ0n) is 13.5. The van der Waals surface area contributed by atoms with Crippen molar-refractivity contribution in [3.05, 3.63) is 58.8 Å². The highest BCUT2D eigenvalue weighted by molar-refractivity contribution is 9.10. The van der Waals surface area contributed by atoms with Crippen LogP contribution in [0.4, 0.5) is 0 Å². The zero-order chi connectivity index (χ0) is 17.1. The number of carbonyl (C=O) groups excluding carboxylic acids is 1. The van der Waals surface area contributed by atoms with Crippen molar-refractivity contribution in [1.29, 1.82) is 0 Å². The summed E-state index contributed by atoms with van der Waals surface area (Å²) in [6.45, 7) is 2.15. The highest BCUT2D eigenvalue weighted by Crippen LogP contribution is 2.18. The lowest BCUT2D eigenvalue weighted by atomic mass is 10.3. The molecule has 5 nitrogen and oxygen atoms in total. The fraction of sp³-hybridized carbons (Fsp3) is 0.222. The Morgan fingerprint density at radius 3 is 2.67 bits per heavy atom. The van der Waals surface area contributed by atoms with E-state index in [1.807, 2.05) is 48.5 Å². The molecule has 3 rings (SSSR count). The van der Waals surface area contributed by atoms with E-state index >= 15 is 0 Å². The zero-order valence-corrected chi connectivity index (χ0v) is 15.1. The molecule has 1 unspecified atom stereocenters. The lowest BCUT2D eigenvalue weighted by Crippen LogP contribution is -2.37. The van der Waals surface area contributed by atoms with Crippen molar-refractivity contribution < 1.29 is 9.53 Å². The van der Waals surface area contributed by atoms with E-state index in [0.717, 1.165) is 21.3 Å². The van der Waals surface area contributed by atoms with Crippen LogP contribution < -0.4 is 4.74 Å². The van der Waals surface area contributed by atoms with Crippen LogP contribution in [0.15, 0.2) is 53.0 Å². The topological polar surface area (TPSA) is 58.2 Å². The fourth-order valence-electron chi connectivity index (χ4n) is 2.46. The van der Waals surface area contributed by atoms with Crippen molar-refractivity contribution in [2.75, 3.05) is 7.05 Å². The number of para-hydroxylation sites is 2. The average Bonchev–Trinajstić information content (AvgIpc) is 2.98. The van der Waals surface area contributed by atoms with Gasteiger partial charge in [-0.2, -0.15) is 0 Å². The summed E-state index contributed by atoms with van der Waals surface area (Å²) in [5.41, 5.74) is 1.86. The summed E-state index contributed by atoms with van der Waals surface area (Å²) in [6.07, 6.45) is -0.569. The summed E-state index contributed by atoms with van der Waals surface area (Å²) in [5.74, 6) is 1.32. The van der Waals surface area contributed by atoms with Crippen LogP contribution in [0.25, 0.3) is 11.0 Å². The van der Waals surface area contributed by atoms with E-state index < -0.39 is 6.10 Å². The SMILES string of the molecule is CC(Oc1ccc(Br)cc1)C(=O)N(C)Cc1nc2ccccc2[nH]1. The Labute approximate surface area is 148 Å². The third-order valence-electron chi connectivity index (χ3n) is 3.68. The summed E-state index contributed by atoms with van der Waals surface area (Å²) >= 11 is 3.37. The minimum atomic E-state index is -0.569. The molecule has 124 valence electrons. The number of rotatable bonds is 5. The maximum atomic E-state index is 12.5. The largest absolute Gasteiger partial charge is 0.481 e. The molecule has 0 aliphatic carbocycles. The van der Waals surface area contributed by atoms with Gasteiger partial charge >= 0.3 is 0 Å². The van der Waals surface area contributed by atoms with Gasteiger partial charge in [0.2, 0.25) is 0 Å². The van der Waals surface area contributed by atoms with Gasteiger partial charge in [0.15, 0.2) is 6.10 Å². The first kappa shape index (κ1) is 16.5. The second-order valence-electron chi connectivity index (χ2n) is 5.61. The van der Waals surface area contributed by atoms with Crippen molar-refractivity contribution in [3.8, 4) is 5.75 Å². The van der Waals surface area contributed by atoms with Crippen LogP contribution >= 0.6 is 15.9 Å². The number of imidazole rings is 1. The molecule has 0 aliphatic heterocycles. The molecule has 0 aliphatic rings. The van der Waals surface area contributed by atoms with E-state index in [4.69, 9.17) is 4.74 Å². The van der Waals surface area contributed by atoms with Crippen LogP contribution in [0.3, 0.4) is 0 Å². The monoisotopic (exact) mass is 387 g/mol. The summed E-state index contributed by atoms with van der Waals surface area (Å²) in [6, 6.07) is 15.2. The van der Waals surface area contributed by atoms with Crippen molar-refractivity contribution in [1.82, 2.24) is 14.9 Å². The molecule has 0 radical (unpaired) electrons. The Bertz CT molecular complexity index is 812. The van der Waals surface area contributed by atoms with Gasteiger partial charge in [0.1, 0.15) is 11.6 Å². The molecule has 24 heavy (non-hydrogen) atoms. The number of aromatic amines is 1. The second kappa shape index (κ2) is 7.05. The number of fused-ring (bicyclic) bond motifs is 1. The number of benzene rings is 2. The molecular formula is C18H18BrN3O2. The molecule has 6 heteroatoms. The third kappa shape index (κ3) is 3.76. The Hall–Kier alpha value is -2.34.